The molecule has 0 amide bonds. The van der Waals surface area contributed by atoms with Crippen molar-refractivity contribution >= 4 is 17.8 Å². The van der Waals surface area contributed by atoms with Crippen LogP contribution >= 0.6 is 0 Å². The van der Waals surface area contributed by atoms with Gasteiger partial charge in [0.25, 0.3) is 0 Å². The Morgan fingerprint density at radius 3 is 2.58 bits per heavy atom. The maximum absolute atomic E-state index is 11.4. The molecule has 0 saturated carbocycles. The van der Waals surface area contributed by atoms with Gasteiger partial charge in [0.2, 0.25) is 0 Å². The van der Waals surface area contributed by atoms with E-state index in [2.05, 4.69) is 11.5 Å². The summed E-state index contributed by atoms with van der Waals surface area (Å²) in [5, 5.41) is 9.32. The van der Waals surface area contributed by atoms with Crippen LogP contribution in [0.3, 0.4) is 0 Å². The number of aliphatic carboxylic acids is 1. The van der Waals surface area contributed by atoms with E-state index in [1.807, 2.05) is 36.4 Å². The minimum Gasteiger partial charge on any atom is -0.481 e. The lowest BCUT2D eigenvalue weighted by Gasteiger charge is -2.37. The molecule has 0 saturated heterocycles. The number of carbonyl (C=O) groups excluding carboxylic acids is 1. The van der Waals surface area contributed by atoms with Crippen LogP contribution in [-0.2, 0) is 11.3 Å². The number of carboxylic acid groups (broad SMARTS) is 1. The highest BCUT2D eigenvalue weighted by molar-refractivity contribution is 5.75. The third-order valence-electron chi connectivity index (χ3n) is 4.40. The van der Waals surface area contributed by atoms with Gasteiger partial charge in [0.15, 0.2) is 0 Å². The molecular formula is C20H19NO3. The molecule has 4 nitrogen and oxygen atoms in total. The molecule has 1 aliphatic rings. The van der Waals surface area contributed by atoms with Crippen LogP contribution in [0.5, 0.6) is 0 Å². The molecule has 1 unspecified atom stereocenters. The molecule has 0 bridgehead atoms. The molecule has 0 fully saturated rings. The van der Waals surface area contributed by atoms with Gasteiger partial charge < -0.3 is 5.11 Å². The average molecular weight is 321 g/mol. The molecule has 122 valence electrons. The molecule has 0 aliphatic carbocycles. The molecular weight excluding hydrogens is 302 g/mol. The Kier molecular flexibility index (Phi) is 4.58. The van der Waals surface area contributed by atoms with Crippen molar-refractivity contribution in [2.24, 2.45) is 0 Å². The lowest BCUT2D eigenvalue weighted by Crippen LogP contribution is -2.35. The van der Waals surface area contributed by atoms with Gasteiger partial charge in [0.1, 0.15) is 6.29 Å². The van der Waals surface area contributed by atoms with Gasteiger partial charge in [-0.15, -0.1) is 0 Å². The van der Waals surface area contributed by atoms with Crippen molar-refractivity contribution in [3.63, 3.8) is 0 Å². The van der Waals surface area contributed by atoms with Gasteiger partial charge in [-0.25, -0.2) is 0 Å². The quantitative estimate of drug-likeness (QED) is 0.856. The fraction of sp³-hybridized carbons (Fsp3) is 0.200. The Morgan fingerprint density at radius 1 is 1.21 bits per heavy atom. The summed E-state index contributed by atoms with van der Waals surface area (Å²) in [6, 6.07) is 15.1. The van der Waals surface area contributed by atoms with E-state index in [9.17, 15) is 14.7 Å². The summed E-state index contributed by atoms with van der Waals surface area (Å²) in [5.74, 6) is -0.816. The number of carboxylic acids is 1. The van der Waals surface area contributed by atoms with Crippen LogP contribution in [0, 0.1) is 0 Å². The first-order chi connectivity index (χ1) is 11.6. The molecule has 0 aromatic heterocycles. The predicted octanol–water partition coefficient (Wildman–Crippen LogP) is 3.54. The second-order valence-electron chi connectivity index (χ2n) is 6.07. The molecule has 24 heavy (non-hydrogen) atoms. The number of nitrogens with zero attached hydrogens (tertiary/aromatic N) is 1. The van der Waals surface area contributed by atoms with E-state index in [0.29, 0.717) is 18.7 Å². The Bertz CT molecular complexity index is 780. The summed E-state index contributed by atoms with van der Waals surface area (Å²) in [5.41, 5.74) is 4.74. The Morgan fingerprint density at radius 2 is 1.92 bits per heavy atom. The molecule has 2 aromatic rings. The van der Waals surface area contributed by atoms with Crippen molar-refractivity contribution in [3.8, 4) is 0 Å². The molecule has 4 heteroatoms. The zero-order valence-corrected chi connectivity index (χ0v) is 13.3. The molecule has 2 aromatic carbocycles. The largest absolute Gasteiger partial charge is 0.481 e. The normalized spacial score (nSPS) is 17.3. The summed E-state index contributed by atoms with van der Waals surface area (Å²) >= 11 is 0. The zero-order valence-electron chi connectivity index (χ0n) is 13.3. The molecule has 1 aliphatic heterocycles. The van der Waals surface area contributed by atoms with Crippen LogP contribution in [0.25, 0.3) is 5.57 Å². The predicted molar refractivity (Wildman–Crippen MR) is 92.7 cm³/mol. The molecule has 3 rings (SSSR count). The minimum absolute atomic E-state index is 0.0523. The SMILES string of the molecule is C=C1CN(Cc2ccc(C=O)cc2)C(CC(=O)O)c2ccccc21. The lowest BCUT2D eigenvalue weighted by atomic mass is 9.88. The molecule has 0 spiro atoms. The minimum atomic E-state index is -0.816. The number of benzene rings is 2. The topological polar surface area (TPSA) is 57.6 Å². The second-order valence-corrected chi connectivity index (χ2v) is 6.07. The maximum atomic E-state index is 11.4. The fourth-order valence-corrected chi connectivity index (χ4v) is 3.25. The first-order valence-corrected chi connectivity index (χ1v) is 7.85. The maximum Gasteiger partial charge on any atom is 0.305 e. The van der Waals surface area contributed by atoms with E-state index >= 15 is 0 Å². The van der Waals surface area contributed by atoms with Crippen molar-refractivity contribution in [2.75, 3.05) is 6.54 Å². The van der Waals surface area contributed by atoms with E-state index in [1.54, 1.807) is 12.1 Å². The first-order valence-electron chi connectivity index (χ1n) is 7.85. The van der Waals surface area contributed by atoms with Crippen molar-refractivity contribution in [2.45, 2.75) is 19.0 Å². The first kappa shape index (κ1) is 16.1. The van der Waals surface area contributed by atoms with E-state index in [1.165, 1.54) is 0 Å². The number of fused-ring (bicyclic) bond motifs is 1. The number of aldehydes is 1. The van der Waals surface area contributed by atoms with Crippen molar-refractivity contribution in [1.82, 2.24) is 4.90 Å². The number of rotatable bonds is 5. The zero-order chi connectivity index (χ0) is 17.1. The van der Waals surface area contributed by atoms with Crippen LogP contribution in [0.15, 0.2) is 55.1 Å². The highest BCUT2D eigenvalue weighted by Crippen LogP contribution is 2.37. The summed E-state index contributed by atoms with van der Waals surface area (Å²) < 4.78 is 0. The highest BCUT2D eigenvalue weighted by Gasteiger charge is 2.30. The number of hydrogen-bond donors (Lipinski definition) is 1. The van der Waals surface area contributed by atoms with Crippen LogP contribution in [0.2, 0.25) is 0 Å². The van der Waals surface area contributed by atoms with E-state index in [0.717, 1.165) is 28.5 Å². The lowest BCUT2D eigenvalue weighted by molar-refractivity contribution is -0.138. The second kappa shape index (κ2) is 6.81. The van der Waals surface area contributed by atoms with Gasteiger partial charge in [0, 0.05) is 24.7 Å². The standard InChI is InChI=1S/C20H19NO3/c1-14-11-21(12-15-6-8-16(13-22)9-7-15)19(10-20(23)24)18-5-3-2-4-17(14)18/h2-9,13,19H,1,10-12H2,(H,23,24). The van der Waals surface area contributed by atoms with Gasteiger partial charge >= 0.3 is 5.97 Å². The molecule has 0 radical (unpaired) electrons. The molecule has 1 N–H and O–H groups in total. The Balaban J connectivity index is 1.91. The van der Waals surface area contributed by atoms with Crippen LogP contribution < -0.4 is 0 Å². The number of hydrogen-bond acceptors (Lipinski definition) is 3. The summed E-state index contributed by atoms with van der Waals surface area (Å²) in [7, 11) is 0. The van der Waals surface area contributed by atoms with E-state index in [4.69, 9.17) is 0 Å². The number of carbonyl (C=O) groups is 2. The van der Waals surface area contributed by atoms with Crippen LogP contribution in [-0.4, -0.2) is 28.8 Å². The van der Waals surface area contributed by atoms with E-state index in [-0.39, 0.29) is 12.5 Å². The van der Waals surface area contributed by atoms with Crippen molar-refractivity contribution in [1.29, 1.82) is 0 Å². The fourth-order valence-electron chi connectivity index (χ4n) is 3.25. The van der Waals surface area contributed by atoms with Gasteiger partial charge in [0.05, 0.1) is 6.42 Å². The van der Waals surface area contributed by atoms with Crippen LogP contribution in [0.1, 0.15) is 39.5 Å². The van der Waals surface area contributed by atoms with Gasteiger partial charge in [-0.3, -0.25) is 14.5 Å². The van der Waals surface area contributed by atoms with Gasteiger partial charge in [-0.1, -0.05) is 55.1 Å². The van der Waals surface area contributed by atoms with Gasteiger partial charge in [-0.2, -0.15) is 0 Å². The Labute approximate surface area is 141 Å². The van der Waals surface area contributed by atoms with Crippen molar-refractivity contribution in [3.05, 3.63) is 77.4 Å². The summed E-state index contributed by atoms with van der Waals surface area (Å²) in [6.45, 7) is 5.40. The molecule has 1 heterocycles. The van der Waals surface area contributed by atoms with Crippen LogP contribution in [0.4, 0.5) is 0 Å². The summed E-state index contributed by atoms with van der Waals surface area (Å²) in [6.07, 6.45) is 0.868. The van der Waals surface area contributed by atoms with E-state index < -0.39 is 5.97 Å². The summed E-state index contributed by atoms with van der Waals surface area (Å²) in [4.78, 5) is 24.3. The third-order valence-corrected chi connectivity index (χ3v) is 4.40. The Hall–Kier alpha value is -2.72. The monoisotopic (exact) mass is 321 g/mol. The third kappa shape index (κ3) is 3.29. The smallest absolute Gasteiger partial charge is 0.305 e. The van der Waals surface area contributed by atoms with Crippen molar-refractivity contribution < 1.29 is 14.7 Å². The molecule has 1 atom stereocenters. The average Bonchev–Trinajstić information content (AvgIpc) is 2.59. The highest BCUT2D eigenvalue weighted by atomic mass is 16.4. The van der Waals surface area contributed by atoms with Gasteiger partial charge in [-0.05, 0) is 22.3 Å².